The van der Waals surface area contributed by atoms with E-state index in [1.165, 1.54) is 30.6 Å². The first-order chi connectivity index (χ1) is 18.0. The van der Waals surface area contributed by atoms with Gasteiger partial charge in [-0.1, -0.05) is 44.0 Å². The third-order valence-corrected chi connectivity index (χ3v) is 8.92. The average Bonchev–Trinajstić information content (AvgIpc) is 3.36. The van der Waals surface area contributed by atoms with Crippen molar-refractivity contribution in [1.29, 1.82) is 0 Å². The summed E-state index contributed by atoms with van der Waals surface area (Å²) in [6.45, 7) is 7.42. The zero-order valence-electron chi connectivity index (χ0n) is 22.5. The summed E-state index contributed by atoms with van der Waals surface area (Å²) in [5, 5.41) is 2.98. The third kappa shape index (κ3) is 7.90. The molecule has 1 heterocycles. The summed E-state index contributed by atoms with van der Waals surface area (Å²) in [7, 11) is 1.33. The standard InChI is InChI=1S/C30H35F2NO3S2/c1-6-7-8-24(25-13-14-26(38-25)29(35)33-16-15-27(34)36-5)37-23-17-19(2)28(20(3)18-23)21-9-11-22(12-10-21)30(4,31)32/h9-14,17-18,24H,6-8,15-16H2,1-5H3,(H,33,35). The van der Waals surface area contributed by atoms with Crippen molar-refractivity contribution >= 4 is 35.0 Å². The fourth-order valence-corrected chi connectivity index (χ4v) is 6.83. The molecule has 0 radical (unpaired) electrons. The minimum Gasteiger partial charge on any atom is -0.469 e. The molecule has 0 bridgehead atoms. The first-order valence-corrected chi connectivity index (χ1v) is 14.4. The number of carbonyl (C=O) groups excluding carboxylic acids is 2. The molecular formula is C30H35F2NO3S2. The molecule has 1 amide bonds. The van der Waals surface area contributed by atoms with E-state index in [1.807, 2.05) is 12.1 Å². The van der Waals surface area contributed by atoms with Gasteiger partial charge in [0.25, 0.3) is 11.8 Å². The number of hydrogen-bond acceptors (Lipinski definition) is 5. The van der Waals surface area contributed by atoms with Crippen LogP contribution in [-0.2, 0) is 15.5 Å². The Kier molecular flexibility index (Phi) is 10.5. The molecule has 4 nitrogen and oxygen atoms in total. The van der Waals surface area contributed by atoms with Crippen LogP contribution in [0.15, 0.2) is 53.4 Å². The number of alkyl halides is 2. The summed E-state index contributed by atoms with van der Waals surface area (Å²) in [6, 6.07) is 14.7. The minimum atomic E-state index is -2.86. The molecule has 1 N–H and O–H groups in total. The molecule has 0 spiro atoms. The summed E-state index contributed by atoms with van der Waals surface area (Å²) >= 11 is 3.27. The highest BCUT2D eigenvalue weighted by Gasteiger charge is 2.24. The molecule has 1 unspecified atom stereocenters. The van der Waals surface area contributed by atoms with E-state index >= 15 is 0 Å². The maximum atomic E-state index is 13.7. The fraction of sp³-hybridized carbons (Fsp3) is 0.400. The van der Waals surface area contributed by atoms with Gasteiger partial charge in [-0.25, -0.2) is 8.78 Å². The molecule has 0 aliphatic carbocycles. The molecule has 8 heteroatoms. The van der Waals surface area contributed by atoms with E-state index in [0.717, 1.165) is 58.2 Å². The zero-order chi connectivity index (χ0) is 27.9. The van der Waals surface area contributed by atoms with E-state index in [4.69, 9.17) is 0 Å². The van der Waals surface area contributed by atoms with Gasteiger partial charge in [0.15, 0.2) is 0 Å². The van der Waals surface area contributed by atoms with Crippen LogP contribution >= 0.6 is 23.1 Å². The number of unbranched alkanes of at least 4 members (excludes halogenated alkanes) is 1. The number of nitrogens with one attached hydrogen (secondary N) is 1. The summed E-state index contributed by atoms with van der Waals surface area (Å²) in [5.74, 6) is -3.40. The number of benzene rings is 2. The number of ether oxygens (including phenoxy) is 1. The van der Waals surface area contributed by atoms with Gasteiger partial charge in [0, 0.05) is 34.1 Å². The van der Waals surface area contributed by atoms with Crippen molar-refractivity contribution in [3.8, 4) is 11.1 Å². The number of thiophene rings is 1. The molecule has 3 aromatic rings. The second kappa shape index (κ2) is 13.4. The fourth-order valence-electron chi connectivity index (χ4n) is 4.30. The van der Waals surface area contributed by atoms with Gasteiger partial charge in [0.2, 0.25) is 0 Å². The minimum absolute atomic E-state index is 0.00922. The van der Waals surface area contributed by atoms with Crippen LogP contribution in [0.4, 0.5) is 8.78 Å². The van der Waals surface area contributed by atoms with Crippen LogP contribution in [0.3, 0.4) is 0 Å². The monoisotopic (exact) mass is 559 g/mol. The smallest absolute Gasteiger partial charge is 0.307 e. The predicted molar refractivity (Wildman–Crippen MR) is 152 cm³/mol. The molecule has 0 aliphatic rings. The van der Waals surface area contributed by atoms with Crippen LogP contribution in [0.1, 0.15) is 76.0 Å². The summed E-state index contributed by atoms with van der Waals surface area (Å²) < 4.78 is 31.9. The number of hydrogen-bond donors (Lipinski definition) is 1. The Balaban J connectivity index is 1.78. The van der Waals surface area contributed by atoms with Crippen LogP contribution in [0, 0.1) is 13.8 Å². The molecule has 0 fully saturated rings. The lowest BCUT2D eigenvalue weighted by Gasteiger charge is -2.18. The van der Waals surface area contributed by atoms with Gasteiger partial charge in [-0.3, -0.25) is 9.59 Å². The molecule has 38 heavy (non-hydrogen) atoms. The number of halogens is 2. The Morgan fingerprint density at radius 3 is 2.32 bits per heavy atom. The number of rotatable bonds is 12. The highest BCUT2D eigenvalue weighted by molar-refractivity contribution is 7.99. The van der Waals surface area contributed by atoms with Gasteiger partial charge < -0.3 is 10.1 Å². The van der Waals surface area contributed by atoms with E-state index in [9.17, 15) is 18.4 Å². The highest BCUT2D eigenvalue weighted by atomic mass is 32.2. The van der Waals surface area contributed by atoms with Crippen molar-refractivity contribution in [3.63, 3.8) is 0 Å². The third-order valence-electron chi connectivity index (χ3n) is 6.30. The Labute approximate surface area is 232 Å². The van der Waals surface area contributed by atoms with E-state index in [1.54, 1.807) is 23.9 Å². The number of esters is 1. The van der Waals surface area contributed by atoms with Crippen molar-refractivity contribution in [2.24, 2.45) is 0 Å². The highest BCUT2D eigenvalue weighted by Crippen LogP contribution is 2.43. The van der Waals surface area contributed by atoms with E-state index in [-0.39, 0.29) is 35.7 Å². The Morgan fingerprint density at radius 2 is 1.74 bits per heavy atom. The van der Waals surface area contributed by atoms with E-state index in [0.29, 0.717) is 4.88 Å². The second-order valence-electron chi connectivity index (χ2n) is 9.43. The lowest BCUT2D eigenvalue weighted by atomic mass is 9.94. The summed E-state index contributed by atoms with van der Waals surface area (Å²) in [4.78, 5) is 26.7. The predicted octanol–water partition coefficient (Wildman–Crippen LogP) is 8.46. The molecule has 1 atom stereocenters. The molecular weight excluding hydrogens is 524 g/mol. The van der Waals surface area contributed by atoms with Crippen molar-refractivity contribution in [3.05, 3.63) is 75.0 Å². The number of amides is 1. The maximum Gasteiger partial charge on any atom is 0.307 e. The van der Waals surface area contributed by atoms with E-state index < -0.39 is 5.92 Å². The SMILES string of the molecule is CCCCC(Sc1cc(C)c(-c2ccc(C(C)(F)F)cc2)c(C)c1)c1ccc(C(=O)NCCC(=O)OC)s1. The van der Waals surface area contributed by atoms with Crippen molar-refractivity contribution in [2.75, 3.05) is 13.7 Å². The Morgan fingerprint density at radius 1 is 1.08 bits per heavy atom. The van der Waals surface area contributed by atoms with Crippen molar-refractivity contribution < 1.29 is 23.1 Å². The van der Waals surface area contributed by atoms with Gasteiger partial charge in [-0.15, -0.1) is 23.1 Å². The molecule has 0 saturated carbocycles. The van der Waals surface area contributed by atoms with Crippen LogP contribution in [-0.4, -0.2) is 25.5 Å². The Bertz CT molecular complexity index is 1230. The summed E-state index contributed by atoms with van der Waals surface area (Å²) in [5.41, 5.74) is 4.18. The van der Waals surface area contributed by atoms with Gasteiger partial charge in [-0.2, -0.15) is 0 Å². The average molecular weight is 560 g/mol. The first kappa shape index (κ1) is 29.8. The number of aryl methyl sites for hydroxylation is 2. The van der Waals surface area contributed by atoms with E-state index in [2.05, 4.69) is 43.0 Å². The molecule has 0 saturated heterocycles. The largest absolute Gasteiger partial charge is 0.469 e. The lowest BCUT2D eigenvalue weighted by Crippen LogP contribution is -2.25. The first-order valence-electron chi connectivity index (χ1n) is 12.7. The van der Waals surface area contributed by atoms with Gasteiger partial charge >= 0.3 is 5.97 Å². The quantitative estimate of drug-likeness (QED) is 0.179. The molecule has 0 aliphatic heterocycles. The Hall–Kier alpha value is -2.71. The lowest BCUT2D eigenvalue weighted by molar-refractivity contribution is -0.140. The van der Waals surface area contributed by atoms with Gasteiger partial charge in [0.05, 0.1) is 18.4 Å². The summed E-state index contributed by atoms with van der Waals surface area (Å²) in [6.07, 6.45) is 3.27. The maximum absolute atomic E-state index is 13.7. The molecule has 1 aromatic heterocycles. The zero-order valence-corrected chi connectivity index (χ0v) is 24.2. The van der Waals surface area contributed by atoms with Gasteiger partial charge in [-0.05, 0) is 66.8 Å². The molecule has 3 rings (SSSR count). The second-order valence-corrected chi connectivity index (χ2v) is 11.8. The van der Waals surface area contributed by atoms with Gasteiger partial charge in [0.1, 0.15) is 0 Å². The van der Waals surface area contributed by atoms with Crippen LogP contribution in [0.25, 0.3) is 11.1 Å². The van der Waals surface area contributed by atoms with Crippen molar-refractivity contribution in [1.82, 2.24) is 5.32 Å². The molecule has 2 aromatic carbocycles. The van der Waals surface area contributed by atoms with Crippen molar-refractivity contribution in [2.45, 2.75) is 69.4 Å². The van der Waals surface area contributed by atoms with Crippen LogP contribution in [0.2, 0.25) is 0 Å². The number of carbonyl (C=O) groups is 2. The molecule has 204 valence electrons. The topological polar surface area (TPSA) is 55.4 Å². The van der Waals surface area contributed by atoms with Crippen LogP contribution < -0.4 is 5.32 Å². The van der Waals surface area contributed by atoms with Crippen LogP contribution in [0.5, 0.6) is 0 Å². The number of thioether (sulfide) groups is 1. The normalized spacial score (nSPS) is 12.3. The number of methoxy groups -OCH3 is 1.